The van der Waals surface area contributed by atoms with Crippen molar-refractivity contribution in [2.45, 2.75) is 11.8 Å². The van der Waals surface area contributed by atoms with Crippen molar-refractivity contribution in [1.29, 1.82) is 0 Å². The molecule has 0 radical (unpaired) electrons. The van der Waals surface area contributed by atoms with E-state index in [1.807, 2.05) is 6.08 Å². The van der Waals surface area contributed by atoms with Crippen LogP contribution in [-0.2, 0) is 0 Å². The molecule has 5 rings (SSSR count). The van der Waals surface area contributed by atoms with Gasteiger partial charge in [-0.2, -0.15) is 0 Å². The Bertz CT molecular complexity index is 1400. The van der Waals surface area contributed by atoms with Crippen molar-refractivity contribution in [3.05, 3.63) is 107 Å². The molecule has 6 nitrogen and oxygen atoms in total. The summed E-state index contributed by atoms with van der Waals surface area (Å²) in [6.07, 6.45) is 1.85. The Balaban J connectivity index is 1.83. The second kappa shape index (κ2) is 8.08. The lowest BCUT2D eigenvalue weighted by atomic mass is 9.79. The van der Waals surface area contributed by atoms with Gasteiger partial charge >= 0.3 is 0 Å². The topological polar surface area (TPSA) is 121 Å². The standard InChI is InChI=1S/C28H22O6/c29-17-5-1-15(2-6-17)11-22-27-23(13-20(32)14-25(27)34)26(16-3-7-18(30)8-4-16)28(22)21-12-19(31)9-10-24(21)33/h1-14,26,28-34H. The molecule has 1 aliphatic carbocycles. The zero-order valence-corrected chi connectivity index (χ0v) is 17.9. The van der Waals surface area contributed by atoms with E-state index in [1.54, 1.807) is 54.6 Å². The number of benzene rings is 4. The smallest absolute Gasteiger partial charge is 0.127 e. The van der Waals surface area contributed by atoms with Gasteiger partial charge in [0.25, 0.3) is 0 Å². The van der Waals surface area contributed by atoms with E-state index >= 15 is 0 Å². The molecule has 6 N–H and O–H groups in total. The summed E-state index contributed by atoms with van der Waals surface area (Å²) in [7, 11) is 0. The van der Waals surface area contributed by atoms with Crippen LogP contribution in [-0.4, -0.2) is 30.6 Å². The van der Waals surface area contributed by atoms with Gasteiger partial charge in [0.2, 0.25) is 0 Å². The van der Waals surface area contributed by atoms with Crippen molar-refractivity contribution in [1.82, 2.24) is 0 Å². The van der Waals surface area contributed by atoms with E-state index in [0.717, 1.165) is 11.1 Å². The quantitative estimate of drug-likeness (QED) is 0.231. The van der Waals surface area contributed by atoms with Crippen molar-refractivity contribution in [3.8, 4) is 34.5 Å². The number of phenols is 6. The van der Waals surface area contributed by atoms with Crippen LogP contribution in [0, 0.1) is 0 Å². The lowest BCUT2D eigenvalue weighted by molar-refractivity contribution is 0.448. The maximum absolute atomic E-state index is 10.9. The van der Waals surface area contributed by atoms with E-state index in [2.05, 4.69) is 0 Å². The summed E-state index contributed by atoms with van der Waals surface area (Å²) in [5, 5.41) is 61.8. The average molecular weight is 454 g/mol. The number of rotatable bonds is 3. The number of phenolic OH excluding ortho intramolecular Hbond substituents is 6. The summed E-state index contributed by atoms with van der Waals surface area (Å²) >= 11 is 0. The van der Waals surface area contributed by atoms with Gasteiger partial charge in [0.05, 0.1) is 0 Å². The first-order valence-electron chi connectivity index (χ1n) is 10.7. The van der Waals surface area contributed by atoms with Gasteiger partial charge in [0, 0.05) is 29.0 Å². The Morgan fingerprint density at radius 1 is 0.500 bits per heavy atom. The predicted octanol–water partition coefficient (Wildman–Crippen LogP) is 5.39. The Kier molecular flexibility index (Phi) is 5.06. The molecule has 6 heteroatoms. The highest BCUT2D eigenvalue weighted by Gasteiger charge is 2.42. The maximum atomic E-state index is 10.9. The van der Waals surface area contributed by atoms with Gasteiger partial charge in [0.15, 0.2) is 0 Å². The first kappa shape index (κ1) is 21.3. The molecular weight excluding hydrogens is 432 g/mol. The predicted molar refractivity (Wildman–Crippen MR) is 128 cm³/mol. The molecule has 4 aromatic carbocycles. The summed E-state index contributed by atoms with van der Waals surface area (Å²) in [4.78, 5) is 0. The van der Waals surface area contributed by atoms with Gasteiger partial charge in [-0.05, 0) is 70.8 Å². The van der Waals surface area contributed by atoms with Crippen LogP contribution in [0.5, 0.6) is 34.5 Å². The largest absolute Gasteiger partial charge is 0.508 e. The van der Waals surface area contributed by atoms with E-state index in [4.69, 9.17) is 0 Å². The number of fused-ring (bicyclic) bond motifs is 1. The molecule has 0 saturated carbocycles. The third-order valence-electron chi connectivity index (χ3n) is 6.24. The zero-order valence-electron chi connectivity index (χ0n) is 17.9. The third-order valence-corrected chi connectivity index (χ3v) is 6.24. The molecule has 0 bridgehead atoms. The third kappa shape index (κ3) is 3.65. The van der Waals surface area contributed by atoms with Crippen LogP contribution in [0.25, 0.3) is 11.6 Å². The van der Waals surface area contributed by atoms with Crippen LogP contribution in [0.4, 0.5) is 0 Å². The Labute approximate surface area is 195 Å². The van der Waals surface area contributed by atoms with Gasteiger partial charge in [0.1, 0.15) is 34.5 Å². The average Bonchev–Trinajstić information content (AvgIpc) is 3.11. The fourth-order valence-corrected chi connectivity index (χ4v) is 4.81. The molecule has 0 heterocycles. The highest BCUT2D eigenvalue weighted by atomic mass is 16.3. The van der Waals surface area contributed by atoms with Crippen molar-refractivity contribution >= 4 is 11.6 Å². The number of allylic oxidation sites excluding steroid dienone is 1. The fourth-order valence-electron chi connectivity index (χ4n) is 4.81. The fraction of sp³-hybridized carbons (Fsp3) is 0.0714. The molecule has 0 aliphatic heterocycles. The van der Waals surface area contributed by atoms with E-state index in [0.29, 0.717) is 22.3 Å². The summed E-state index contributed by atoms with van der Waals surface area (Å²) in [5.74, 6) is -1.07. The van der Waals surface area contributed by atoms with Gasteiger partial charge in [-0.25, -0.2) is 0 Å². The van der Waals surface area contributed by atoms with Gasteiger partial charge in [-0.15, -0.1) is 0 Å². The van der Waals surface area contributed by atoms with Gasteiger partial charge < -0.3 is 30.6 Å². The van der Waals surface area contributed by atoms with Crippen LogP contribution in [0.2, 0.25) is 0 Å². The van der Waals surface area contributed by atoms with Crippen LogP contribution >= 0.6 is 0 Å². The molecule has 2 atom stereocenters. The van der Waals surface area contributed by atoms with Crippen LogP contribution in [0.15, 0.2) is 78.9 Å². The number of aromatic hydroxyl groups is 6. The second-order valence-electron chi connectivity index (χ2n) is 8.41. The van der Waals surface area contributed by atoms with Crippen LogP contribution in [0.3, 0.4) is 0 Å². The van der Waals surface area contributed by atoms with Gasteiger partial charge in [-0.3, -0.25) is 0 Å². The van der Waals surface area contributed by atoms with E-state index in [-0.39, 0.29) is 34.5 Å². The molecule has 4 aromatic rings. The maximum Gasteiger partial charge on any atom is 0.127 e. The molecule has 170 valence electrons. The second-order valence-corrected chi connectivity index (χ2v) is 8.41. The molecule has 1 aliphatic rings. The first-order chi connectivity index (χ1) is 16.3. The van der Waals surface area contributed by atoms with Crippen molar-refractivity contribution in [2.24, 2.45) is 0 Å². The Hall–Kier alpha value is -4.58. The Morgan fingerprint density at radius 2 is 1.09 bits per heavy atom. The molecule has 0 aromatic heterocycles. The minimum absolute atomic E-state index is 0.0238. The number of hydrogen-bond donors (Lipinski definition) is 6. The molecular formula is C28H22O6. The van der Waals surface area contributed by atoms with Crippen molar-refractivity contribution in [2.75, 3.05) is 0 Å². The highest BCUT2D eigenvalue weighted by Crippen LogP contribution is 2.59. The molecule has 0 amide bonds. The Morgan fingerprint density at radius 3 is 1.76 bits per heavy atom. The summed E-state index contributed by atoms with van der Waals surface area (Å²) in [5.41, 5.74) is 3.79. The SMILES string of the molecule is Oc1ccc(C=C2c3c(O)cc(O)cc3C(c3ccc(O)cc3)C2c2cc(O)ccc2O)cc1. The number of hydrogen-bond acceptors (Lipinski definition) is 6. The minimum atomic E-state index is -0.548. The van der Waals surface area contributed by atoms with E-state index in [1.165, 1.54) is 24.3 Å². The zero-order chi connectivity index (χ0) is 24.0. The molecule has 2 unspecified atom stereocenters. The molecule has 0 saturated heterocycles. The van der Waals surface area contributed by atoms with Crippen molar-refractivity contribution in [3.63, 3.8) is 0 Å². The monoisotopic (exact) mass is 454 g/mol. The molecule has 0 fully saturated rings. The molecule has 34 heavy (non-hydrogen) atoms. The van der Waals surface area contributed by atoms with Crippen LogP contribution in [0.1, 0.15) is 39.7 Å². The van der Waals surface area contributed by atoms with Crippen molar-refractivity contribution < 1.29 is 30.6 Å². The van der Waals surface area contributed by atoms with Crippen LogP contribution < -0.4 is 0 Å². The van der Waals surface area contributed by atoms with E-state index in [9.17, 15) is 30.6 Å². The van der Waals surface area contributed by atoms with E-state index < -0.39 is 11.8 Å². The summed E-state index contributed by atoms with van der Waals surface area (Å²) in [6.45, 7) is 0. The lowest BCUT2D eigenvalue weighted by Crippen LogP contribution is -2.08. The van der Waals surface area contributed by atoms with Gasteiger partial charge in [-0.1, -0.05) is 30.3 Å². The molecule has 0 spiro atoms. The minimum Gasteiger partial charge on any atom is -0.508 e. The highest BCUT2D eigenvalue weighted by molar-refractivity contribution is 5.94. The normalized spacial score (nSPS) is 18.2. The summed E-state index contributed by atoms with van der Waals surface area (Å²) < 4.78 is 0. The summed E-state index contributed by atoms with van der Waals surface area (Å²) in [6, 6.07) is 20.3. The first-order valence-corrected chi connectivity index (χ1v) is 10.7. The lowest BCUT2D eigenvalue weighted by Gasteiger charge is -2.24.